The number of ether oxygens (including phenoxy) is 1. The number of carbonyl (C=O) groups excluding carboxylic acids is 1. The number of esters is 1. The molecule has 0 spiro atoms. The van der Waals surface area contributed by atoms with Gasteiger partial charge in [-0.1, -0.05) is 60.1 Å². The van der Waals surface area contributed by atoms with Crippen LogP contribution in [0.4, 0.5) is 8.78 Å². The van der Waals surface area contributed by atoms with Crippen LogP contribution in [0.3, 0.4) is 0 Å². The van der Waals surface area contributed by atoms with Crippen LogP contribution in [0.25, 0.3) is 0 Å². The SMILES string of the molecule is COC(=O)c1cc(SCc2ccccc2)c(F)c(F)c1Cc1ccccc1Cl. The molecule has 3 aromatic rings. The number of methoxy groups -OCH3 is 1. The quantitative estimate of drug-likeness (QED) is 0.347. The molecule has 0 aromatic heterocycles. The van der Waals surface area contributed by atoms with E-state index in [0.29, 0.717) is 16.3 Å². The van der Waals surface area contributed by atoms with Crippen molar-refractivity contribution in [1.82, 2.24) is 0 Å². The topological polar surface area (TPSA) is 26.3 Å². The van der Waals surface area contributed by atoms with Gasteiger partial charge in [0.25, 0.3) is 0 Å². The zero-order valence-electron chi connectivity index (χ0n) is 15.0. The van der Waals surface area contributed by atoms with Crippen molar-refractivity contribution in [3.8, 4) is 0 Å². The highest BCUT2D eigenvalue weighted by atomic mass is 35.5. The predicted octanol–water partition coefficient (Wildman–Crippen LogP) is 6.29. The fourth-order valence-electron chi connectivity index (χ4n) is 2.78. The van der Waals surface area contributed by atoms with Crippen LogP contribution >= 0.6 is 23.4 Å². The molecule has 0 radical (unpaired) electrons. The van der Waals surface area contributed by atoms with Gasteiger partial charge in [0, 0.05) is 27.7 Å². The van der Waals surface area contributed by atoms with Crippen molar-refractivity contribution < 1.29 is 18.3 Å². The monoisotopic (exact) mass is 418 g/mol. The minimum Gasteiger partial charge on any atom is -0.465 e. The number of halogens is 3. The third-order valence-electron chi connectivity index (χ3n) is 4.24. The molecule has 2 nitrogen and oxygen atoms in total. The van der Waals surface area contributed by atoms with Crippen molar-refractivity contribution in [3.63, 3.8) is 0 Å². The lowest BCUT2D eigenvalue weighted by Gasteiger charge is -2.14. The molecule has 0 aliphatic carbocycles. The largest absolute Gasteiger partial charge is 0.465 e. The number of hydrogen-bond acceptors (Lipinski definition) is 3. The summed E-state index contributed by atoms with van der Waals surface area (Å²) in [6, 6.07) is 17.6. The van der Waals surface area contributed by atoms with Gasteiger partial charge in [-0.15, -0.1) is 11.8 Å². The number of carbonyl (C=O) groups is 1. The molecule has 0 bridgehead atoms. The van der Waals surface area contributed by atoms with Crippen LogP contribution in [-0.4, -0.2) is 13.1 Å². The van der Waals surface area contributed by atoms with Gasteiger partial charge in [0.2, 0.25) is 0 Å². The molecule has 0 saturated heterocycles. The summed E-state index contributed by atoms with van der Waals surface area (Å²) < 4.78 is 34.4. The first kappa shape index (κ1) is 20.4. The Morgan fingerprint density at radius 3 is 2.39 bits per heavy atom. The Labute approximate surface area is 171 Å². The van der Waals surface area contributed by atoms with Crippen LogP contribution in [0.2, 0.25) is 5.02 Å². The van der Waals surface area contributed by atoms with E-state index in [1.54, 1.807) is 24.3 Å². The van der Waals surface area contributed by atoms with E-state index in [9.17, 15) is 13.6 Å². The molecule has 0 amide bonds. The molecular formula is C22H17ClF2O2S. The molecule has 28 heavy (non-hydrogen) atoms. The molecule has 0 heterocycles. The van der Waals surface area contributed by atoms with E-state index in [1.807, 2.05) is 30.3 Å². The van der Waals surface area contributed by atoms with E-state index < -0.39 is 17.6 Å². The highest BCUT2D eigenvalue weighted by Gasteiger charge is 2.24. The number of rotatable bonds is 6. The standard InChI is InChI=1S/C22H17ClF2O2S/c1-27-22(26)17-12-19(28-13-14-7-3-2-4-8-14)21(25)20(24)16(17)11-15-9-5-6-10-18(15)23/h2-10,12H,11,13H2,1H3. The van der Waals surface area contributed by atoms with E-state index >= 15 is 0 Å². The fraction of sp³-hybridized carbons (Fsp3) is 0.136. The molecule has 0 aliphatic rings. The van der Waals surface area contributed by atoms with Gasteiger partial charge in [-0.3, -0.25) is 0 Å². The third-order valence-corrected chi connectivity index (χ3v) is 5.70. The first-order valence-electron chi connectivity index (χ1n) is 8.50. The van der Waals surface area contributed by atoms with Gasteiger partial charge in [-0.2, -0.15) is 0 Å². The average Bonchev–Trinajstić information content (AvgIpc) is 2.72. The van der Waals surface area contributed by atoms with E-state index in [4.69, 9.17) is 16.3 Å². The van der Waals surface area contributed by atoms with Crippen LogP contribution < -0.4 is 0 Å². The van der Waals surface area contributed by atoms with Gasteiger partial charge in [0.15, 0.2) is 11.6 Å². The molecule has 6 heteroatoms. The van der Waals surface area contributed by atoms with Gasteiger partial charge in [-0.05, 0) is 23.3 Å². The average molecular weight is 419 g/mol. The first-order chi connectivity index (χ1) is 13.5. The summed E-state index contributed by atoms with van der Waals surface area (Å²) in [5.41, 5.74) is 1.49. The third kappa shape index (κ3) is 4.54. The number of hydrogen-bond donors (Lipinski definition) is 0. The van der Waals surface area contributed by atoms with Gasteiger partial charge < -0.3 is 4.74 Å². The Balaban J connectivity index is 1.99. The zero-order valence-corrected chi connectivity index (χ0v) is 16.6. The maximum atomic E-state index is 14.9. The van der Waals surface area contributed by atoms with Gasteiger partial charge in [-0.25, -0.2) is 13.6 Å². The first-order valence-corrected chi connectivity index (χ1v) is 9.87. The summed E-state index contributed by atoms with van der Waals surface area (Å²) in [5, 5.41) is 0.417. The van der Waals surface area contributed by atoms with E-state index in [0.717, 1.165) is 17.3 Å². The van der Waals surface area contributed by atoms with E-state index in [-0.39, 0.29) is 22.4 Å². The molecule has 0 fully saturated rings. The molecule has 3 rings (SSSR count). The maximum absolute atomic E-state index is 14.9. The van der Waals surface area contributed by atoms with Crippen LogP contribution in [0.1, 0.15) is 27.0 Å². The molecule has 3 aromatic carbocycles. The summed E-state index contributed by atoms with van der Waals surface area (Å²) in [6.45, 7) is 0. The van der Waals surface area contributed by atoms with E-state index in [1.165, 1.54) is 13.2 Å². The Kier molecular flexibility index (Phi) is 6.70. The predicted molar refractivity (Wildman–Crippen MR) is 108 cm³/mol. The minimum absolute atomic E-state index is 0.00289. The Morgan fingerprint density at radius 2 is 1.71 bits per heavy atom. The summed E-state index contributed by atoms with van der Waals surface area (Å²) in [5.74, 6) is -2.31. The Hall–Kier alpha value is -2.37. The van der Waals surface area contributed by atoms with Crippen LogP contribution in [0.15, 0.2) is 65.6 Å². The maximum Gasteiger partial charge on any atom is 0.338 e. The summed E-state index contributed by atoms with van der Waals surface area (Å²) in [7, 11) is 1.21. The molecule has 0 aliphatic heterocycles. The summed E-state index contributed by atoms with van der Waals surface area (Å²) in [4.78, 5) is 12.3. The Bertz CT molecular complexity index is 993. The second-order valence-electron chi connectivity index (χ2n) is 6.06. The van der Waals surface area contributed by atoms with E-state index in [2.05, 4.69) is 0 Å². The number of benzene rings is 3. The fourth-order valence-corrected chi connectivity index (χ4v) is 3.91. The lowest BCUT2D eigenvalue weighted by Crippen LogP contribution is -2.11. The van der Waals surface area contributed by atoms with Gasteiger partial charge in [0.1, 0.15) is 0 Å². The summed E-state index contributed by atoms with van der Waals surface area (Å²) >= 11 is 7.27. The normalized spacial score (nSPS) is 10.7. The van der Waals surface area contributed by atoms with Crippen LogP contribution in [0, 0.1) is 11.6 Å². The van der Waals surface area contributed by atoms with Crippen molar-refractivity contribution >= 4 is 29.3 Å². The lowest BCUT2D eigenvalue weighted by molar-refractivity contribution is 0.0598. The van der Waals surface area contributed by atoms with Crippen LogP contribution in [-0.2, 0) is 16.9 Å². The molecule has 144 valence electrons. The van der Waals surface area contributed by atoms with Gasteiger partial charge in [0.05, 0.1) is 12.7 Å². The second-order valence-corrected chi connectivity index (χ2v) is 7.49. The smallest absolute Gasteiger partial charge is 0.338 e. The molecule has 0 N–H and O–H groups in total. The molecular weight excluding hydrogens is 402 g/mol. The van der Waals surface area contributed by atoms with Crippen molar-refractivity contribution in [3.05, 3.63) is 99.6 Å². The zero-order chi connectivity index (χ0) is 20.1. The van der Waals surface area contributed by atoms with Crippen molar-refractivity contribution in [2.75, 3.05) is 7.11 Å². The van der Waals surface area contributed by atoms with Gasteiger partial charge >= 0.3 is 5.97 Å². The minimum atomic E-state index is -1.06. The molecule has 0 saturated carbocycles. The second kappa shape index (κ2) is 9.22. The molecule has 0 unspecified atom stereocenters. The van der Waals surface area contributed by atoms with Crippen molar-refractivity contribution in [2.24, 2.45) is 0 Å². The number of thioether (sulfide) groups is 1. The Morgan fingerprint density at radius 1 is 1.04 bits per heavy atom. The molecule has 0 atom stereocenters. The van der Waals surface area contributed by atoms with Crippen molar-refractivity contribution in [1.29, 1.82) is 0 Å². The summed E-state index contributed by atoms with van der Waals surface area (Å²) in [6.07, 6.45) is -0.0174. The van der Waals surface area contributed by atoms with Crippen LogP contribution in [0.5, 0.6) is 0 Å². The highest BCUT2D eigenvalue weighted by Crippen LogP contribution is 2.33. The van der Waals surface area contributed by atoms with Crippen molar-refractivity contribution in [2.45, 2.75) is 17.1 Å². The lowest BCUT2D eigenvalue weighted by atomic mass is 9.98. The highest BCUT2D eigenvalue weighted by molar-refractivity contribution is 7.98.